The lowest BCUT2D eigenvalue weighted by molar-refractivity contribution is -0.148. The van der Waals surface area contributed by atoms with Gasteiger partial charge in [-0.15, -0.1) is 0 Å². The van der Waals surface area contributed by atoms with E-state index in [1.165, 1.54) is 0 Å². The van der Waals surface area contributed by atoms with E-state index in [4.69, 9.17) is 0 Å². The van der Waals surface area contributed by atoms with Crippen LogP contribution in [0.4, 0.5) is 10.6 Å². The van der Waals surface area contributed by atoms with Crippen molar-refractivity contribution in [1.82, 2.24) is 15.2 Å². The summed E-state index contributed by atoms with van der Waals surface area (Å²) >= 11 is 0. The molecule has 2 N–H and O–H groups in total. The number of likely N-dealkylation sites (tertiary alicyclic amines) is 1. The van der Waals surface area contributed by atoms with Gasteiger partial charge in [-0.1, -0.05) is 6.07 Å². The van der Waals surface area contributed by atoms with Crippen LogP contribution in [0.25, 0.3) is 0 Å². The molecule has 1 aromatic rings. The Kier molecular flexibility index (Phi) is 3.87. The van der Waals surface area contributed by atoms with Crippen molar-refractivity contribution in [2.45, 2.75) is 19.9 Å². The van der Waals surface area contributed by atoms with E-state index in [-0.39, 0.29) is 24.5 Å². The molecule has 23 heavy (non-hydrogen) atoms. The smallest absolute Gasteiger partial charge is 0.317 e. The molecule has 3 heterocycles. The number of urea groups is 1. The first-order valence-corrected chi connectivity index (χ1v) is 7.87. The fourth-order valence-corrected chi connectivity index (χ4v) is 3.58. The number of pyridine rings is 1. The van der Waals surface area contributed by atoms with E-state index >= 15 is 0 Å². The van der Waals surface area contributed by atoms with Crippen LogP contribution in [0.3, 0.4) is 0 Å². The van der Waals surface area contributed by atoms with E-state index in [0.29, 0.717) is 19.6 Å². The minimum absolute atomic E-state index is 0.0359. The molecule has 2 fully saturated rings. The van der Waals surface area contributed by atoms with E-state index in [0.717, 1.165) is 5.82 Å². The second kappa shape index (κ2) is 5.72. The number of nitrogens with one attached hydrogen (secondary N) is 1. The molecule has 0 radical (unpaired) electrons. The van der Waals surface area contributed by atoms with Gasteiger partial charge in [0.15, 0.2) is 0 Å². The lowest BCUT2D eigenvalue weighted by atomic mass is 9.81. The zero-order chi connectivity index (χ0) is 16.6. The minimum atomic E-state index is -0.911. The van der Waals surface area contributed by atoms with Gasteiger partial charge < -0.3 is 20.2 Å². The van der Waals surface area contributed by atoms with Crippen molar-refractivity contribution in [1.29, 1.82) is 0 Å². The number of aromatic nitrogens is 1. The first-order chi connectivity index (χ1) is 10.9. The maximum absolute atomic E-state index is 12.2. The standard InChI is InChI=1S/C16H22N4O3/c1-11(2)18-15(23)20-8-12-7-19(13-5-3-4-6-17-13)9-16(12,10-20)14(21)22/h3-6,11-12H,7-10H2,1-2H3,(H,18,23)(H,21,22)/t12-,16-/m1/s1. The molecule has 0 saturated carbocycles. The number of aliphatic carboxylic acids is 1. The summed E-state index contributed by atoms with van der Waals surface area (Å²) in [5, 5.41) is 12.7. The highest BCUT2D eigenvalue weighted by molar-refractivity contribution is 5.82. The number of hydrogen-bond donors (Lipinski definition) is 2. The second-order valence-corrected chi connectivity index (χ2v) is 6.71. The summed E-state index contributed by atoms with van der Waals surface area (Å²) < 4.78 is 0. The number of rotatable bonds is 3. The maximum atomic E-state index is 12.2. The van der Waals surface area contributed by atoms with E-state index < -0.39 is 11.4 Å². The van der Waals surface area contributed by atoms with E-state index in [1.807, 2.05) is 36.9 Å². The van der Waals surface area contributed by atoms with Gasteiger partial charge in [0, 0.05) is 44.3 Å². The zero-order valence-electron chi connectivity index (χ0n) is 13.4. The van der Waals surface area contributed by atoms with Crippen molar-refractivity contribution in [3.8, 4) is 0 Å². The normalized spacial score (nSPS) is 26.5. The largest absolute Gasteiger partial charge is 0.481 e. The third-order valence-electron chi connectivity index (χ3n) is 4.71. The van der Waals surface area contributed by atoms with Crippen LogP contribution in [-0.4, -0.2) is 59.2 Å². The lowest BCUT2D eigenvalue weighted by Gasteiger charge is -2.26. The van der Waals surface area contributed by atoms with Crippen LogP contribution in [0.1, 0.15) is 13.8 Å². The Morgan fingerprint density at radius 3 is 2.70 bits per heavy atom. The highest BCUT2D eigenvalue weighted by Gasteiger charge is 2.58. The van der Waals surface area contributed by atoms with Crippen LogP contribution < -0.4 is 10.2 Å². The zero-order valence-corrected chi connectivity index (χ0v) is 13.4. The molecule has 0 aromatic carbocycles. The fourth-order valence-electron chi connectivity index (χ4n) is 3.58. The molecule has 0 aliphatic carbocycles. The van der Waals surface area contributed by atoms with Crippen molar-refractivity contribution < 1.29 is 14.7 Å². The first kappa shape index (κ1) is 15.6. The summed E-state index contributed by atoms with van der Waals surface area (Å²) in [4.78, 5) is 32.1. The molecule has 0 spiro atoms. The molecular formula is C16H22N4O3. The molecule has 1 aromatic heterocycles. The van der Waals surface area contributed by atoms with Crippen LogP contribution >= 0.6 is 0 Å². The van der Waals surface area contributed by atoms with Crippen molar-refractivity contribution >= 4 is 17.8 Å². The van der Waals surface area contributed by atoms with Crippen LogP contribution in [-0.2, 0) is 4.79 Å². The van der Waals surface area contributed by atoms with Gasteiger partial charge in [-0.3, -0.25) is 4.79 Å². The molecule has 2 aliphatic heterocycles. The van der Waals surface area contributed by atoms with Crippen LogP contribution in [0.15, 0.2) is 24.4 Å². The average Bonchev–Trinajstić information content (AvgIpc) is 3.02. The molecule has 3 rings (SSSR count). The number of fused-ring (bicyclic) bond motifs is 1. The number of carboxylic acids is 1. The van der Waals surface area contributed by atoms with Crippen molar-refractivity contribution in [3.05, 3.63) is 24.4 Å². The van der Waals surface area contributed by atoms with Gasteiger partial charge in [-0.2, -0.15) is 0 Å². The molecule has 2 amide bonds. The lowest BCUT2D eigenvalue weighted by Crippen LogP contribution is -2.46. The van der Waals surface area contributed by atoms with Gasteiger partial charge in [-0.05, 0) is 26.0 Å². The monoisotopic (exact) mass is 318 g/mol. The quantitative estimate of drug-likeness (QED) is 0.869. The summed E-state index contributed by atoms with van der Waals surface area (Å²) in [6.07, 6.45) is 1.71. The van der Waals surface area contributed by atoms with Crippen LogP contribution in [0.5, 0.6) is 0 Å². The summed E-state index contributed by atoms with van der Waals surface area (Å²) in [5.74, 6) is -0.124. The number of hydrogen-bond acceptors (Lipinski definition) is 4. The van der Waals surface area contributed by atoms with Crippen molar-refractivity contribution in [2.75, 3.05) is 31.1 Å². The predicted octanol–water partition coefficient (Wildman–Crippen LogP) is 1.02. The first-order valence-electron chi connectivity index (χ1n) is 7.87. The Morgan fingerprint density at radius 2 is 2.13 bits per heavy atom. The number of anilines is 1. The number of carbonyl (C=O) groups excluding carboxylic acids is 1. The summed E-state index contributed by atoms with van der Waals surface area (Å²) in [5.41, 5.74) is -0.911. The second-order valence-electron chi connectivity index (χ2n) is 6.71. The summed E-state index contributed by atoms with van der Waals surface area (Å²) in [7, 11) is 0. The number of carboxylic acid groups (broad SMARTS) is 1. The van der Waals surface area contributed by atoms with Crippen molar-refractivity contribution in [3.63, 3.8) is 0 Å². The number of amides is 2. The number of nitrogens with zero attached hydrogens (tertiary/aromatic N) is 3. The fraction of sp³-hybridized carbons (Fsp3) is 0.562. The molecule has 7 heteroatoms. The third kappa shape index (κ3) is 2.71. The molecule has 0 unspecified atom stereocenters. The van der Waals surface area contributed by atoms with Gasteiger partial charge in [0.25, 0.3) is 0 Å². The van der Waals surface area contributed by atoms with Crippen molar-refractivity contribution in [2.24, 2.45) is 11.3 Å². The number of carbonyl (C=O) groups is 2. The van der Waals surface area contributed by atoms with Gasteiger partial charge in [-0.25, -0.2) is 9.78 Å². The van der Waals surface area contributed by atoms with Gasteiger partial charge in [0.1, 0.15) is 11.2 Å². The maximum Gasteiger partial charge on any atom is 0.317 e. The Balaban J connectivity index is 1.78. The average molecular weight is 318 g/mol. The Morgan fingerprint density at radius 1 is 1.35 bits per heavy atom. The van der Waals surface area contributed by atoms with E-state index in [1.54, 1.807) is 11.1 Å². The highest BCUT2D eigenvalue weighted by atomic mass is 16.4. The molecule has 2 saturated heterocycles. The minimum Gasteiger partial charge on any atom is -0.481 e. The molecular weight excluding hydrogens is 296 g/mol. The molecule has 7 nitrogen and oxygen atoms in total. The van der Waals surface area contributed by atoms with Crippen LogP contribution in [0.2, 0.25) is 0 Å². The van der Waals surface area contributed by atoms with Gasteiger partial charge >= 0.3 is 12.0 Å². The third-order valence-corrected chi connectivity index (χ3v) is 4.71. The Labute approximate surface area is 135 Å². The topological polar surface area (TPSA) is 85.8 Å². The predicted molar refractivity (Wildman–Crippen MR) is 85.2 cm³/mol. The van der Waals surface area contributed by atoms with Gasteiger partial charge in [0.05, 0.1) is 0 Å². The van der Waals surface area contributed by atoms with E-state index in [9.17, 15) is 14.7 Å². The van der Waals surface area contributed by atoms with Gasteiger partial charge in [0.2, 0.25) is 0 Å². The summed E-state index contributed by atoms with van der Waals surface area (Å²) in [6.45, 7) is 5.49. The molecule has 2 aliphatic rings. The Bertz CT molecular complexity index is 607. The van der Waals surface area contributed by atoms with E-state index in [2.05, 4.69) is 10.3 Å². The molecule has 124 valence electrons. The summed E-state index contributed by atoms with van der Waals surface area (Å²) in [6, 6.07) is 5.48. The SMILES string of the molecule is CC(C)NC(=O)N1C[C@H]2CN(c3ccccn3)C[C@@]2(C(=O)O)C1. The van der Waals surface area contributed by atoms with Crippen LogP contribution in [0, 0.1) is 11.3 Å². The molecule has 2 atom stereocenters. The highest BCUT2D eigenvalue weighted by Crippen LogP contribution is 2.43. The Hall–Kier alpha value is -2.31. The molecule has 0 bridgehead atoms.